The van der Waals surface area contributed by atoms with Crippen LogP contribution < -0.4 is 10.6 Å². The molecule has 0 aromatic heterocycles. The lowest BCUT2D eigenvalue weighted by atomic mass is 9.79. The van der Waals surface area contributed by atoms with Gasteiger partial charge in [0, 0.05) is 11.1 Å². The van der Waals surface area contributed by atoms with Gasteiger partial charge in [0.05, 0.1) is 0 Å². The third kappa shape index (κ3) is 8.97. The molecule has 0 aromatic carbocycles. The molecule has 1 fully saturated rings. The first-order valence-electron chi connectivity index (χ1n) is 8.66. The molecule has 0 atom stereocenters. The Hall–Kier alpha value is -0.0800. The smallest absolute Gasteiger partial charge is 0.00965 e. The average molecular weight is 283 g/mol. The Bertz CT molecular complexity index is 224. The molecule has 1 saturated carbocycles. The van der Waals surface area contributed by atoms with E-state index >= 15 is 0 Å². The SMILES string of the molecule is CC(C)(C)NCCC1CCC(CCNC(C)(C)C)CC1. The minimum absolute atomic E-state index is 0.274. The zero-order valence-electron chi connectivity index (χ0n) is 14.8. The zero-order chi connectivity index (χ0) is 15.2. The van der Waals surface area contributed by atoms with E-state index in [1.165, 1.54) is 51.6 Å². The Kier molecular flexibility index (Phi) is 7.00. The van der Waals surface area contributed by atoms with Crippen LogP contribution in [0.5, 0.6) is 0 Å². The average Bonchev–Trinajstić information content (AvgIpc) is 2.28. The van der Waals surface area contributed by atoms with Crippen molar-refractivity contribution in [1.29, 1.82) is 0 Å². The van der Waals surface area contributed by atoms with Crippen molar-refractivity contribution in [2.24, 2.45) is 11.8 Å². The second-order valence-electron chi connectivity index (χ2n) is 8.82. The molecule has 2 heteroatoms. The standard InChI is InChI=1S/C18H38N2/c1-17(2,3)19-13-11-15-7-9-16(10-8-15)12-14-20-18(4,5)6/h15-16,19-20H,7-14H2,1-6H3. The van der Waals surface area contributed by atoms with Gasteiger partial charge in [0.25, 0.3) is 0 Å². The molecule has 2 nitrogen and oxygen atoms in total. The Balaban J connectivity index is 2.08. The topological polar surface area (TPSA) is 24.1 Å². The van der Waals surface area contributed by atoms with Gasteiger partial charge in [-0.15, -0.1) is 0 Å². The molecule has 20 heavy (non-hydrogen) atoms. The summed E-state index contributed by atoms with van der Waals surface area (Å²) >= 11 is 0. The number of hydrogen-bond acceptors (Lipinski definition) is 2. The quantitative estimate of drug-likeness (QED) is 0.757. The van der Waals surface area contributed by atoms with Crippen molar-refractivity contribution in [3.63, 3.8) is 0 Å². The van der Waals surface area contributed by atoms with E-state index in [1.807, 2.05) is 0 Å². The molecule has 1 aliphatic rings. The van der Waals surface area contributed by atoms with Gasteiger partial charge in [0.2, 0.25) is 0 Å². The third-order valence-corrected chi connectivity index (χ3v) is 4.38. The zero-order valence-corrected chi connectivity index (χ0v) is 14.8. The molecular formula is C18H38N2. The summed E-state index contributed by atoms with van der Waals surface area (Å²) < 4.78 is 0. The van der Waals surface area contributed by atoms with Crippen LogP contribution in [0.15, 0.2) is 0 Å². The molecule has 0 amide bonds. The lowest BCUT2D eigenvalue weighted by Crippen LogP contribution is -2.38. The van der Waals surface area contributed by atoms with Crippen molar-refractivity contribution >= 4 is 0 Å². The minimum atomic E-state index is 0.274. The van der Waals surface area contributed by atoms with Crippen LogP contribution >= 0.6 is 0 Å². The van der Waals surface area contributed by atoms with Crippen molar-refractivity contribution in [3.8, 4) is 0 Å². The van der Waals surface area contributed by atoms with E-state index in [-0.39, 0.29) is 11.1 Å². The largest absolute Gasteiger partial charge is 0.312 e. The Morgan fingerprint density at radius 2 is 0.950 bits per heavy atom. The predicted octanol–water partition coefficient (Wildman–Crippen LogP) is 4.35. The highest BCUT2D eigenvalue weighted by atomic mass is 14.9. The van der Waals surface area contributed by atoms with Gasteiger partial charge >= 0.3 is 0 Å². The number of nitrogens with one attached hydrogen (secondary N) is 2. The fraction of sp³-hybridized carbons (Fsp3) is 1.00. The third-order valence-electron chi connectivity index (χ3n) is 4.38. The van der Waals surface area contributed by atoms with Crippen LogP contribution in [0.2, 0.25) is 0 Å². The summed E-state index contributed by atoms with van der Waals surface area (Å²) in [7, 11) is 0. The van der Waals surface area contributed by atoms with Crippen LogP contribution in [0, 0.1) is 11.8 Å². The maximum Gasteiger partial charge on any atom is 0.00965 e. The maximum atomic E-state index is 3.62. The van der Waals surface area contributed by atoms with Crippen LogP contribution in [0.4, 0.5) is 0 Å². The second kappa shape index (κ2) is 7.79. The fourth-order valence-corrected chi connectivity index (χ4v) is 3.11. The van der Waals surface area contributed by atoms with Crippen LogP contribution in [-0.4, -0.2) is 24.2 Å². The predicted molar refractivity (Wildman–Crippen MR) is 90.2 cm³/mol. The first-order chi connectivity index (χ1) is 9.16. The summed E-state index contributed by atoms with van der Waals surface area (Å²) in [5.41, 5.74) is 0.547. The first-order valence-corrected chi connectivity index (χ1v) is 8.66. The molecule has 120 valence electrons. The molecule has 0 spiro atoms. The van der Waals surface area contributed by atoms with Gasteiger partial charge < -0.3 is 10.6 Å². The summed E-state index contributed by atoms with van der Waals surface area (Å²) in [5, 5.41) is 7.24. The van der Waals surface area contributed by atoms with E-state index in [0.29, 0.717) is 0 Å². The molecule has 0 bridgehead atoms. The maximum absolute atomic E-state index is 3.62. The van der Waals surface area contributed by atoms with Gasteiger partial charge in [-0.2, -0.15) is 0 Å². The van der Waals surface area contributed by atoms with Crippen molar-refractivity contribution in [3.05, 3.63) is 0 Å². The van der Waals surface area contributed by atoms with E-state index in [0.717, 1.165) is 11.8 Å². The highest BCUT2D eigenvalue weighted by Gasteiger charge is 2.21. The molecule has 0 aromatic rings. The summed E-state index contributed by atoms with van der Waals surface area (Å²) in [4.78, 5) is 0. The van der Waals surface area contributed by atoms with Gasteiger partial charge in [-0.05, 0) is 79.3 Å². The Morgan fingerprint density at radius 3 is 1.20 bits per heavy atom. The Labute approximate surface area is 127 Å². The summed E-state index contributed by atoms with van der Waals surface area (Å²) in [6.07, 6.45) is 8.53. The lowest BCUT2D eigenvalue weighted by Gasteiger charge is -2.30. The monoisotopic (exact) mass is 282 g/mol. The second-order valence-corrected chi connectivity index (χ2v) is 8.82. The molecule has 0 radical (unpaired) electrons. The summed E-state index contributed by atoms with van der Waals surface area (Å²) in [6.45, 7) is 15.9. The van der Waals surface area contributed by atoms with Crippen molar-refractivity contribution in [2.75, 3.05) is 13.1 Å². The van der Waals surface area contributed by atoms with Crippen LogP contribution in [0.1, 0.15) is 80.1 Å². The van der Waals surface area contributed by atoms with Crippen LogP contribution in [0.3, 0.4) is 0 Å². The molecule has 0 unspecified atom stereocenters. The Morgan fingerprint density at radius 1 is 0.650 bits per heavy atom. The van der Waals surface area contributed by atoms with Gasteiger partial charge in [0.15, 0.2) is 0 Å². The van der Waals surface area contributed by atoms with E-state index in [4.69, 9.17) is 0 Å². The van der Waals surface area contributed by atoms with Gasteiger partial charge in [-0.3, -0.25) is 0 Å². The van der Waals surface area contributed by atoms with E-state index in [2.05, 4.69) is 52.2 Å². The number of hydrogen-bond donors (Lipinski definition) is 2. The molecular weight excluding hydrogens is 244 g/mol. The fourth-order valence-electron chi connectivity index (χ4n) is 3.11. The molecule has 2 N–H and O–H groups in total. The van der Waals surface area contributed by atoms with Crippen LogP contribution in [0.25, 0.3) is 0 Å². The molecule has 1 rings (SSSR count). The molecule has 0 saturated heterocycles. The van der Waals surface area contributed by atoms with E-state index in [1.54, 1.807) is 0 Å². The van der Waals surface area contributed by atoms with Crippen molar-refractivity contribution in [2.45, 2.75) is 91.1 Å². The highest BCUT2D eigenvalue weighted by Crippen LogP contribution is 2.32. The lowest BCUT2D eigenvalue weighted by molar-refractivity contribution is 0.240. The van der Waals surface area contributed by atoms with E-state index in [9.17, 15) is 0 Å². The first kappa shape index (κ1) is 18.0. The minimum Gasteiger partial charge on any atom is -0.312 e. The van der Waals surface area contributed by atoms with Crippen LogP contribution in [-0.2, 0) is 0 Å². The molecule has 1 aliphatic carbocycles. The van der Waals surface area contributed by atoms with Crippen molar-refractivity contribution in [1.82, 2.24) is 10.6 Å². The molecule has 0 heterocycles. The van der Waals surface area contributed by atoms with Gasteiger partial charge in [-0.25, -0.2) is 0 Å². The summed E-state index contributed by atoms with van der Waals surface area (Å²) in [5.74, 6) is 1.94. The summed E-state index contributed by atoms with van der Waals surface area (Å²) in [6, 6.07) is 0. The highest BCUT2D eigenvalue weighted by molar-refractivity contribution is 4.77. The normalized spacial score (nSPS) is 24.9. The van der Waals surface area contributed by atoms with Crippen molar-refractivity contribution < 1.29 is 0 Å². The molecule has 0 aliphatic heterocycles. The van der Waals surface area contributed by atoms with Gasteiger partial charge in [-0.1, -0.05) is 25.7 Å². The van der Waals surface area contributed by atoms with E-state index < -0.39 is 0 Å². The van der Waals surface area contributed by atoms with Gasteiger partial charge in [0.1, 0.15) is 0 Å². The number of rotatable bonds is 6.